The number of esters is 1. The number of aliphatic hydroxyl groups is 1. The molecule has 5 rings (SSSR count). The largest absolute Gasteiger partial charge is 0.451 e. The summed E-state index contributed by atoms with van der Waals surface area (Å²) in [4.78, 5) is 33.5. The number of anilines is 3. The number of carbonyl (C=O) groups excluding carboxylic acids is 2. The van der Waals surface area contributed by atoms with Crippen LogP contribution in [0.25, 0.3) is 11.5 Å². The van der Waals surface area contributed by atoms with Gasteiger partial charge in [0.1, 0.15) is 5.82 Å². The number of aromatic nitrogens is 4. The maximum absolute atomic E-state index is 12.5. The number of nitrogens with one attached hydrogen (secondary N) is 2. The highest BCUT2D eigenvalue weighted by Gasteiger charge is 2.31. The average molecular weight is 472 g/mol. The molecule has 0 aliphatic carbocycles. The predicted octanol–water partition coefficient (Wildman–Crippen LogP) is 3.16. The first-order chi connectivity index (χ1) is 17.0. The van der Waals surface area contributed by atoms with Crippen LogP contribution in [0.4, 0.5) is 17.5 Å². The summed E-state index contributed by atoms with van der Waals surface area (Å²) in [7, 11) is 0. The molecular weight excluding hydrogens is 452 g/mol. The number of hydrogen-bond donors (Lipinski definition) is 3. The Bertz CT molecular complexity index is 1380. The standard InChI is InChI=1S/C24H20N6O5/c1-13-20(32)17-9-15(7-8-16(17)23(33)35-13)27-24-25-10-18(22-30-26-12-34-22)21(29-24)28-19(11-31)14-5-3-2-4-6-14/h2-10,12-13,19,31H,11H2,1H3,(H2,25,27,28,29)/t13?,19-/m1/s1. The molecule has 11 heteroatoms. The van der Waals surface area contributed by atoms with Crippen LogP contribution in [0.2, 0.25) is 0 Å². The molecule has 0 bridgehead atoms. The second-order valence-electron chi connectivity index (χ2n) is 7.79. The third-order valence-corrected chi connectivity index (χ3v) is 5.49. The van der Waals surface area contributed by atoms with E-state index in [1.54, 1.807) is 12.1 Å². The van der Waals surface area contributed by atoms with E-state index in [-0.39, 0.29) is 35.4 Å². The second kappa shape index (κ2) is 9.31. The minimum absolute atomic E-state index is 0.193. The molecule has 0 amide bonds. The smallest absolute Gasteiger partial charge is 0.339 e. The van der Waals surface area contributed by atoms with Crippen LogP contribution in [0.15, 0.2) is 65.5 Å². The number of Topliss-reactive ketones (excluding diaryl/α,β-unsaturated/α-hetero) is 1. The fourth-order valence-electron chi connectivity index (χ4n) is 3.71. The summed E-state index contributed by atoms with van der Waals surface area (Å²) in [6.45, 7) is 1.34. The van der Waals surface area contributed by atoms with Gasteiger partial charge < -0.3 is 24.9 Å². The van der Waals surface area contributed by atoms with E-state index in [9.17, 15) is 14.7 Å². The molecule has 1 unspecified atom stereocenters. The summed E-state index contributed by atoms with van der Waals surface area (Å²) in [5.74, 6) is -0.0657. The van der Waals surface area contributed by atoms with Crippen molar-refractivity contribution in [3.8, 4) is 11.5 Å². The molecule has 176 valence electrons. The minimum Gasteiger partial charge on any atom is -0.451 e. The molecule has 0 saturated carbocycles. The zero-order valence-corrected chi connectivity index (χ0v) is 18.5. The molecule has 0 spiro atoms. The van der Waals surface area contributed by atoms with Crippen molar-refractivity contribution in [3.05, 3.63) is 77.8 Å². The van der Waals surface area contributed by atoms with E-state index in [4.69, 9.17) is 9.15 Å². The number of benzene rings is 2. The molecule has 1 aliphatic heterocycles. The van der Waals surface area contributed by atoms with Gasteiger partial charge in [0, 0.05) is 17.4 Å². The van der Waals surface area contributed by atoms with Gasteiger partial charge in [-0.2, -0.15) is 4.98 Å². The summed E-state index contributed by atoms with van der Waals surface area (Å²) in [5.41, 5.74) is 2.29. The highest BCUT2D eigenvalue weighted by molar-refractivity contribution is 6.12. The predicted molar refractivity (Wildman–Crippen MR) is 124 cm³/mol. The van der Waals surface area contributed by atoms with E-state index in [0.717, 1.165) is 5.56 Å². The van der Waals surface area contributed by atoms with Crippen LogP contribution in [0.3, 0.4) is 0 Å². The number of fused-ring (bicyclic) bond motifs is 1. The maximum atomic E-state index is 12.5. The summed E-state index contributed by atoms with van der Waals surface area (Å²) in [6.07, 6.45) is 1.86. The molecule has 3 heterocycles. The SMILES string of the molecule is CC1OC(=O)c2ccc(Nc3ncc(-c4nnco4)c(N[C@H](CO)c4ccccc4)n3)cc2C1=O. The number of rotatable bonds is 7. The third kappa shape index (κ3) is 4.44. The molecule has 4 aromatic rings. The zero-order chi connectivity index (χ0) is 24.4. The van der Waals surface area contributed by atoms with Crippen molar-refractivity contribution in [1.82, 2.24) is 20.2 Å². The number of aliphatic hydroxyl groups excluding tert-OH is 1. The van der Waals surface area contributed by atoms with Gasteiger partial charge in [0.2, 0.25) is 18.1 Å². The van der Waals surface area contributed by atoms with Crippen LogP contribution >= 0.6 is 0 Å². The molecule has 2 atom stereocenters. The first kappa shape index (κ1) is 22.2. The lowest BCUT2D eigenvalue weighted by atomic mass is 9.97. The highest BCUT2D eigenvalue weighted by Crippen LogP contribution is 2.30. The van der Waals surface area contributed by atoms with Gasteiger partial charge in [-0.3, -0.25) is 4.79 Å². The molecule has 2 aromatic heterocycles. The Morgan fingerprint density at radius 1 is 1.09 bits per heavy atom. The molecule has 1 aliphatic rings. The molecule has 0 saturated heterocycles. The molecule has 0 radical (unpaired) electrons. The fraction of sp³-hybridized carbons (Fsp3) is 0.167. The van der Waals surface area contributed by atoms with E-state index in [1.165, 1.54) is 25.6 Å². The van der Waals surface area contributed by atoms with Gasteiger partial charge >= 0.3 is 5.97 Å². The van der Waals surface area contributed by atoms with Crippen molar-refractivity contribution < 1.29 is 23.8 Å². The summed E-state index contributed by atoms with van der Waals surface area (Å²) >= 11 is 0. The number of cyclic esters (lactones) is 1. The van der Waals surface area contributed by atoms with Gasteiger partial charge in [-0.1, -0.05) is 30.3 Å². The molecular formula is C24H20N6O5. The van der Waals surface area contributed by atoms with Crippen molar-refractivity contribution in [1.29, 1.82) is 0 Å². The molecule has 35 heavy (non-hydrogen) atoms. The Morgan fingerprint density at radius 2 is 1.91 bits per heavy atom. The van der Waals surface area contributed by atoms with Crippen LogP contribution in [0, 0.1) is 0 Å². The van der Waals surface area contributed by atoms with Crippen LogP contribution < -0.4 is 10.6 Å². The van der Waals surface area contributed by atoms with Crippen molar-refractivity contribution in [2.45, 2.75) is 19.1 Å². The summed E-state index contributed by atoms with van der Waals surface area (Å²) in [6, 6.07) is 13.7. The normalized spacial score (nSPS) is 15.8. The van der Waals surface area contributed by atoms with Crippen LogP contribution in [0.5, 0.6) is 0 Å². The molecule has 0 fully saturated rings. The van der Waals surface area contributed by atoms with Gasteiger partial charge in [0.25, 0.3) is 5.89 Å². The number of ketones is 1. The van der Waals surface area contributed by atoms with Gasteiger partial charge in [-0.15, -0.1) is 10.2 Å². The van der Waals surface area contributed by atoms with E-state index in [1.807, 2.05) is 30.3 Å². The van der Waals surface area contributed by atoms with Gasteiger partial charge in [-0.25, -0.2) is 9.78 Å². The Kier molecular flexibility index (Phi) is 5.90. The van der Waals surface area contributed by atoms with Crippen molar-refractivity contribution in [3.63, 3.8) is 0 Å². The Morgan fingerprint density at radius 3 is 2.66 bits per heavy atom. The molecule has 2 aromatic carbocycles. The average Bonchev–Trinajstić information content (AvgIpc) is 3.41. The van der Waals surface area contributed by atoms with E-state index >= 15 is 0 Å². The van der Waals surface area contributed by atoms with Crippen molar-refractivity contribution >= 4 is 29.2 Å². The Labute approximate surface area is 199 Å². The first-order valence-corrected chi connectivity index (χ1v) is 10.8. The van der Waals surface area contributed by atoms with Crippen LogP contribution in [-0.2, 0) is 4.74 Å². The lowest BCUT2D eigenvalue weighted by molar-refractivity contribution is 0.0282. The van der Waals surface area contributed by atoms with Crippen LogP contribution in [-0.4, -0.2) is 49.7 Å². The molecule has 3 N–H and O–H groups in total. The number of ether oxygens (including phenoxy) is 1. The quantitative estimate of drug-likeness (QED) is 0.340. The Balaban J connectivity index is 1.48. The zero-order valence-electron chi connectivity index (χ0n) is 18.5. The van der Waals surface area contributed by atoms with Gasteiger partial charge in [-0.05, 0) is 30.7 Å². The highest BCUT2D eigenvalue weighted by atomic mass is 16.5. The van der Waals surface area contributed by atoms with Gasteiger partial charge in [0.15, 0.2) is 6.10 Å². The van der Waals surface area contributed by atoms with Crippen molar-refractivity contribution in [2.75, 3.05) is 17.2 Å². The van der Waals surface area contributed by atoms with E-state index < -0.39 is 18.1 Å². The monoisotopic (exact) mass is 472 g/mol. The first-order valence-electron chi connectivity index (χ1n) is 10.8. The number of hydrogen-bond acceptors (Lipinski definition) is 11. The lowest BCUT2D eigenvalue weighted by Crippen LogP contribution is -2.31. The number of carbonyl (C=O) groups is 2. The minimum atomic E-state index is -0.848. The van der Waals surface area contributed by atoms with Crippen molar-refractivity contribution in [2.24, 2.45) is 0 Å². The fourth-order valence-corrected chi connectivity index (χ4v) is 3.71. The topological polar surface area (TPSA) is 152 Å². The van der Waals surface area contributed by atoms with Gasteiger partial charge in [0.05, 0.1) is 23.8 Å². The lowest BCUT2D eigenvalue weighted by Gasteiger charge is -2.21. The van der Waals surface area contributed by atoms with E-state index in [2.05, 4.69) is 30.8 Å². The maximum Gasteiger partial charge on any atom is 0.339 e. The third-order valence-electron chi connectivity index (χ3n) is 5.49. The summed E-state index contributed by atoms with van der Waals surface area (Å²) < 4.78 is 10.4. The number of nitrogens with zero attached hydrogens (tertiary/aromatic N) is 4. The summed E-state index contributed by atoms with van der Waals surface area (Å²) in [5, 5.41) is 23.9. The van der Waals surface area contributed by atoms with E-state index in [0.29, 0.717) is 17.1 Å². The second-order valence-corrected chi connectivity index (χ2v) is 7.79. The molecule has 11 nitrogen and oxygen atoms in total. The van der Waals surface area contributed by atoms with Crippen LogP contribution in [0.1, 0.15) is 39.2 Å². The Hall–Kier alpha value is -4.64.